The van der Waals surface area contributed by atoms with Gasteiger partial charge in [0.1, 0.15) is 30.3 Å². The quantitative estimate of drug-likeness (QED) is 0.732. The molecule has 1 unspecified atom stereocenters. The minimum Gasteiger partial charge on any atom is -0.462 e. The number of fused-ring (bicyclic) bond motifs is 1. The number of thiophene rings is 1. The molecule has 1 saturated heterocycles. The second-order valence-electron chi connectivity index (χ2n) is 7.25. The first-order valence-electron chi connectivity index (χ1n) is 9.58. The van der Waals surface area contributed by atoms with Gasteiger partial charge in [-0.25, -0.2) is 4.79 Å². The normalized spacial score (nSPS) is 25.0. The molecule has 2 aliphatic rings. The van der Waals surface area contributed by atoms with Gasteiger partial charge >= 0.3 is 5.97 Å². The summed E-state index contributed by atoms with van der Waals surface area (Å²) in [6, 6.07) is 0. The summed E-state index contributed by atoms with van der Waals surface area (Å²) in [4.78, 5) is 27.4. The minimum absolute atomic E-state index is 0.0326. The third-order valence-electron chi connectivity index (χ3n) is 4.98. The fraction of sp³-hybridized carbons (Fsp3) is 0.684. The highest BCUT2D eigenvalue weighted by Gasteiger charge is 2.29. The van der Waals surface area contributed by atoms with Crippen molar-refractivity contribution in [2.75, 3.05) is 31.6 Å². The van der Waals surface area contributed by atoms with Crippen LogP contribution in [0.2, 0.25) is 0 Å². The molecule has 0 spiro atoms. The van der Waals surface area contributed by atoms with Gasteiger partial charge in [-0.05, 0) is 45.6 Å². The van der Waals surface area contributed by atoms with Gasteiger partial charge in [0, 0.05) is 4.88 Å². The van der Waals surface area contributed by atoms with Gasteiger partial charge in [-0.15, -0.1) is 11.3 Å². The van der Waals surface area contributed by atoms with Gasteiger partial charge in [-0.3, -0.25) is 4.79 Å². The summed E-state index contributed by atoms with van der Waals surface area (Å²) >= 11 is 1.53. The Labute approximate surface area is 158 Å². The Bertz CT molecular complexity index is 663. The van der Waals surface area contributed by atoms with Crippen molar-refractivity contribution in [3.63, 3.8) is 0 Å². The second-order valence-corrected chi connectivity index (χ2v) is 8.35. The molecule has 1 aromatic heterocycles. The predicted octanol–water partition coefficient (Wildman–Crippen LogP) is 1.43. The molecule has 0 aromatic carbocycles. The SMILES string of the molecule is CCOC(=O)c1c(NC(=O)CC[NH+]2C[C@@H](C)O[C@@H](C)C2)sc2c1CCC2. The van der Waals surface area contributed by atoms with Gasteiger partial charge in [0.05, 0.1) is 25.1 Å². The molecule has 1 amide bonds. The van der Waals surface area contributed by atoms with Crippen LogP contribution in [-0.2, 0) is 27.1 Å². The van der Waals surface area contributed by atoms with Gasteiger partial charge in [0.15, 0.2) is 0 Å². The number of carbonyl (C=O) groups is 2. The van der Waals surface area contributed by atoms with Crippen LogP contribution in [0.4, 0.5) is 5.00 Å². The first kappa shape index (κ1) is 19.3. The highest BCUT2D eigenvalue weighted by atomic mass is 32.1. The Morgan fingerprint density at radius 2 is 2.00 bits per heavy atom. The summed E-state index contributed by atoms with van der Waals surface area (Å²) in [5.74, 6) is -0.349. The third-order valence-corrected chi connectivity index (χ3v) is 6.18. The number of amides is 1. The van der Waals surface area contributed by atoms with Crippen molar-refractivity contribution in [2.24, 2.45) is 0 Å². The van der Waals surface area contributed by atoms with E-state index in [0.717, 1.165) is 44.5 Å². The Kier molecular flexibility index (Phi) is 6.32. The van der Waals surface area contributed by atoms with Gasteiger partial charge in [-0.1, -0.05) is 0 Å². The fourth-order valence-corrected chi connectivity index (χ4v) is 5.28. The van der Waals surface area contributed by atoms with Crippen LogP contribution in [0.15, 0.2) is 0 Å². The molecular formula is C19H29N2O4S+. The maximum atomic E-state index is 12.5. The zero-order chi connectivity index (χ0) is 18.7. The number of quaternary nitrogens is 1. The Balaban J connectivity index is 1.61. The van der Waals surface area contributed by atoms with Crippen molar-refractivity contribution in [2.45, 2.75) is 58.7 Å². The van der Waals surface area contributed by atoms with Crippen molar-refractivity contribution < 1.29 is 24.0 Å². The minimum atomic E-state index is -0.316. The second kappa shape index (κ2) is 8.50. The summed E-state index contributed by atoms with van der Waals surface area (Å²) in [5, 5.41) is 3.64. The molecule has 3 rings (SSSR count). The number of morpholine rings is 1. The van der Waals surface area contributed by atoms with Crippen LogP contribution in [0.5, 0.6) is 0 Å². The number of hydrogen-bond acceptors (Lipinski definition) is 5. The number of aryl methyl sites for hydroxylation is 1. The van der Waals surface area contributed by atoms with Crippen molar-refractivity contribution in [3.05, 3.63) is 16.0 Å². The summed E-state index contributed by atoms with van der Waals surface area (Å²) in [5.41, 5.74) is 1.66. The highest BCUT2D eigenvalue weighted by molar-refractivity contribution is 7.17. The summed E-state index contributed by atoms with van der Waals surface area (Å²) in [7, 11) is 0. The van der Waals surface area contributed by atoms with E-state index in [4.69, 9.17) is 9.47 Å². The Morgan fingerprint density at radius 3 is 2.69 bits per heavy atom. The standard InChI is InChI=1S/C19H28N2O4S/c1-4-24-19(23)17-14-6-5-7-15(14)26-18(17)20-16(22)8-9-21-10-12(2)25-13(3)11-21/h12-13H,4-11H2,1-3H3,(H,20,22)/p+1/t12-,13+. The molecule has 2 heterocycles. The zero-order valence-electron chi connectivity index (χ0n) is 15.9. The van der Waals surface area contributed by atoms with Crippen LogP contribution in [-0.4, -0.2) is 50.3 Å². The van der Waals surface area contributed by atoms with Crippen molar-refractivity contribution in [3.8, 4) is 0 Å². The zero-order valence-corrected chi connectivity index (χ0v) is 16.7. The lowest BCUT2D eigenvalue weighted by atomic mass is 10.1. The average Bonchev–Trinajstić information content (AvgIpc) is 3.12. The van der Waals surface area contributed by atoms with Crippen LogP contribution in [0, 0.1) is 0 Å². The molecule has 1 fully saturated rings. The predicted molar refractivity (Wildman–Crippen MR) is 101 cm³/mol. The van der Waals surface area contributed by atoms with E-state index in [1.165, 1.54) is 21.1 Å². The lowest BCUT2D eigenvalue weighted by Crippen LogP contribution is -3.15. The molecule has 144 valence electrons. The maximum Gasteiger partial charge on any atom is 0.341 e. The van der Waals surface area contributed by atoms with Gasteiger partial charge in [0.2, 0.25) is 5.91 Å². The van der Waals surface area contributed by atoms with E-state index in [9.17, 15) is 9.59 Å². The van der Waals surface area contributed by atoms with Crippen LogP contribution in [0.1, 0.15) is 54.4 Å². The largest absolute Gasteiger partial charge is 0.462 e. The molecule has 26 heavy (non-hydrogen) atoms. The number of carbonyl (C=O) groups excluding carboxylic acids is 2. The first-order chi connectivity index (χ1) is 12.5. The van der Waals surface area contributed by atoms with E-state index in [1.54, 1.807) is 6.92 Å². The molecule has 2 N–H and O–H groups in total. The number of ether oxygens (including phenoxy) is 2. The average molecular weight is 382 g/mol. The highest BCUT2D eigenvalue weighted by Crippen LogP contribution is 2.39. The summed E-state index contributed by atoms with van der Waals surface area (Å²) in [6.45, 7) is 8.94. The van der Waals surface area contributed by atoms with Crippen molar-refractivity contribution >= 4 is 28.2 Å². The molecule has 3 atom stereocenters. The van der Waals surface area contributed by atoms with E-state index in [2.05, 4.69) is 19.2 Å². The van der Waals surface area contributed by atoms with Crippen LogP contribution >= 0.6 is 11.3 Å². The van der Waals surface area contributed by atoms with E-state index in [1.807, 2.05) is 0 Å². The smallest absolute Gasteiger partial charge is 0.341 e. The topological polar surface area (TPSA) is 69.1 Å². The molecule has 1 aromatic rings. The van der Waals surface area contributed by atoms with E-state index in [-0.39, 0.29) is 24.1 Å². The van der Waals surface area contributed by atoms with Crippen molar-refractivity contribution in [1.82, 2.24) is 0 Å². The molecule has 0 saturated carbocycles. The number of hydrogen-bond donors (Lipinski definition) is 2. The number of nitrogens with one attached hydrogen (secondary N) is 2. The molecule has 1 aliphatic carbocycles. The number of rotatable bonds is 6. The van der Waals surface area contributed by atoms with Crippen molar-refractivity contribution in [1.29, 1.82) is 0 Å². The van der Waals surface area contributed by atoms with E-state index < -0.39 is 0 Å². The summed E-state index contributed by atoms with van der Waals surface area (Å²) < 4.78 is 11.0. The van der Waals surface area contributed by atoms with Crippen LogP contribution in [0.25, 0.3) is 0 Å². The molecule has 0 bridgehead atoms. The Morgan fingerprint density at radius 1 is 1.27 bits per heavy atom. The lowest BCUT2D eigenvalue weighted by Gasteiger charge is -2.32. The number of esters is 1. The summed E-state index contributed by atoms with van der Waals surface area (Å²) in [6.07, 6.45) is 3.84. The van der Waals surface area contributed by atoms with Crippen LogP contribution < -0.4 is 10.2 Å². The first-order valence-corrected chi connectivity index (χ1v) is 10.4. The van der Waals surface area contributed by atoms with Gasteiger partial charge < -0.3 is 19.7 Å². The molecular weight excluding hydrogens is 352 g/mol. The fourth-order valence-electron chi connectivity index (χ4n) is 3.98. The maximum absolute atomic E-state index is 12.5. The van der Waals surface area contributed by atoms with Crippen LogP contribution in [0.3, 0.4) is 0 Å². The Hall–Kier alpha value is -1.44. The monoisotopic (exact) mass is 381 g/mol. The third kappa shape index (κ3) is 4.45. The van der Waals surface area contributed by atoms with E-state index >= 15 is 0 Å². The molecule has 7 heteroatoms. The molecule has 1 aliphatic heterocycles. The van der Waals surface area contributed by atoms with Gasteiger partial charge in [0.25, 0.3) is 0 Å². The number of anilines is 1. The molecule has 0 radical (unpaired) electrons. The molecule has 6 nitrogen and oxygen atoms in total. The van der Waals surface area contributed by atoms with E-state index in [0.29, 0.717) is 23.6 Å². The van der Waals surface area contributed by atoms with Gasteiger partial charge in [-0.2, -0.15) is 0 Å². The lowest BCUT2D eigenvalue weighted by molar-refractivity contribution is -0.914.